The maximum absolute atomic E-state index is 12.4. The number of carbonyl (C=O) groups is 2. The van der Waals surface area contributed by atoms with Gasteiger partial charge in [-0.2, -0.15) is 0 Å². The standard InChI is InChI=1S/C23H27N3O2/c27-22(15-18-8-10-21(11-9-18)26-13-4-7-23(26)28)24-20-12-14-25(17-20)16-19-5-2-1-3-6-19/h1-3,5-6,8-11,20H,4,7,12-17H2,(H,24,27)/p+1/t20-/m0/s1. The van der Waals surface area contributed by atoms with Crippen LogP contribution in [-0.2, 0) is 22.6 Å². The molecule has 5 nitrogen and oxygen atoms in total. The van der Waals surface area contributed by atoms with E-state index in [0.29, 0.717) is 12.8 Å². The lowest BCUT2D eigenvalue weighted by Crippen LogP contribution is -3.09. The number of likely N-dealkylation sites (tertiary alicyclic amines) is 1. The number of rotatable bonds is 6. The Labute approximate surface area is 166 Å². The Morgan fingerprint density at radius 2 is 1.86 bits per heavy atom. The fraction of sp³-hybridized carbons (Fsp3) is 0.391. The first-order valence-electron chi connectivity index (χ1n) is 10.2. The summed E-state index contributed by atoms with van der Waals surface area (Å²) in [6, 6.07) is 18.6. The number of hydrogen-bond donors (Lipinski definition) is 2. The Morgan fingerprint density at radius 1 is 1.07 bits per heavy atom. The third kappa shape index (κ3) is 4.60. The highest BCUT2D eigenvalue weighted by Crippen LogP contribution is 2.21. The average Bonchev–Trinajstić information content (AvgIpc) is 3.32. The summed E-state index contributed by atoms with van der Waals surface area (Å²) < 4.78 is 0. The third-order valence-electron chi connectivity index (χ3n) is 5.73. The van der Waals surface area contributed by atoms with E-state index in [9.17, 15) is 9.59 Å². The van der Waals surface area contributed by atoms with Crippen LogP contribution >= 0.6 is 0 Å². The number of carbonyl (C=O) groups excluding carboxylic acids is 2. The van der Waals surface area contributed by atoms with Crippen molar-refractivity contribution in [3.8, 4) is 0 Å². The lowest BCUT2D eigenvalue weighted by molar-refractivity contribution is -0.901. The smallest absolute Gasteiger partial charge is 0.227 e. The second kappa shape index (κ2) is 8.57. The van der Waals surface area contributed by atoms with Gasteiger partial charge in [-0.25, -0.2) is 0 Å². The second-order valence-electron chi connectivity index (χ2n) is 7.91. The lowest BCUT2D eigenvalue weighted by Gasteiger charge is -2.16. The molecule has 1 unspecified atom stereocenters. The molecule has 28 heavy (non-hydrogen) atoms. The van der Waals surface area contributed by atoms with Crippen molar-refractivity contribution in [1.82, 2.24) is 5.32 Å². The topological polar surface area (TPSA) is 53.9 Å². The number of nitrogens with zero attached hydrogens (tertiary/aromatic N) is 1. The molecule has 2 aromatic carbocycles. The van der Waals surface area contributed by atoms with Crippen molar-refractivity contribution in [3.05, 3.63) is 65.7 Å². The maximum Gasteiger partial charge on any atom is 0.227 e. The van der Waals surface area contributed by atoms with Crippen LogP contribution in [0.5, 0.6) is 0 Å². The van der Waals surface area contributed by atoms with Crippen LogP contribution in [0.2, 0.25) is 0 Å². The average molecular weight is 378 g/mol. The summed E-state index contributed by atoms with van der Waals surface area (Å²) in [6.45, 7) is 3.89. The Kier molecular flexibility index (Phi) is 5.72. The molecule has 2 aliphatic rings. The van der Waals surface area contributed by atoms with Crippen molar-refractivity contribution >= 4 is 17.5 Å². The molecule has 0 radical (unpaired) electrons. The van der Waals surface area contributed by atoms with Crippen LogP contribution in [0.15, 0.2) is 54.6 Å². The molecular formula is C23H28N3O2+. The van der Waals surface area contributed by atoms with E-state index in [-0.39, 0.29) is 17.9 Å². The Bertz CT molecular complexity index is 820. The molecule has 2 aliphatic heterocycles. The minimum absolute atomic E-state index is 0.0796. The molecule has 2 atom stereocenters. The third-order valence-corrected chi connectivity index (χ3v) is 5.73. The van der Waals surface area contributed by atoms with Crippen LogP contribution in [0.3, 0.4) is 0 Å². The molecule has 2 heterocycles. The van der Waals surface area contributed by atoms with Gasteiger partial charge in [0.15, 0.2) is 0 Å². The number of nitrogens with one attached hydrogen (secondary N) is 2. The van der Waals surface area contributed by atoms with Crippen LogP contribution in [0.25, 0.3) is 0 Å². The van der Waals surface area contributed by atoms with Crippen LogP contribution in [0.4, 0.5) is 5.69 Å². The number of anilines is 1. The quantitative estimate of drug-likeness (QED) is 0.797. The molecule has 0 aliphatic carbocycles. The molecule has 2 saturated heterocycles. The highest BCUT2D eigenvalue weighted by Gasteiger charge is 2.27. The first kappa shape index (κ1) is 18.7. The van der Waals surface area contributed by atoms with Gasteiger partial charge in [-0.05, 0) is 24.1 Å². The fourth-order valence-corrected chi connectivity index (χ4v) is 4.28. The molecule has 4 rings (SSSR count). The van der Waals surface area contributed by atoms with E-state index in [2.05, 4.69) is 29.6 Å². The summed E-state index contributed by atoms with van der Waals surface area (Å²) in [5, 5.41) is 3.20. The van der Waals surface area contributed by atoms with Crippen LogP contribution in [0, 0.1) is 0 Å². The molecule has 0 aromatic heterocycles. The SMILES string of the molecule is O=C(Cc1ccc(N2CCCC2=O)cc1)N[C@H]1CC[NH+](Cc2ccccc2)C1. The summed E-state index contributed by atoms with van der Waals surface area (Å²) >= 11 is 0. The van der Waals surface area contributed by atoms with Crippen LogP contribution < -0.4 is 15.1 Å². The summed E-state index contributed by atoms with van der Waals surface area (Å²) in [4.78, 5) is 27.6. The summed E-state index contributed by atoms with van der Waals surface area (Å²) in [6.07, 6.45) is 2.98. The Balaban J connectivity index is 1.25. The number of benzene rings is 2. The van der Waals surface area contributed by atoms with Gasteiger partial charge in [0.2, 0.25) is 11.8 Å². The van der Waals surface area contributed by atoms with Crippen molar-refractivity contribution in [2.24, 2.45) is 0 Å². The van der Waals surface area contributed by atoms with E-state index in [1.807, 2.05) is 35.2 Å². The zero-order chi connectivity index (χ0) is 19.3. The molecule has 5 heteroatoms. The molecule has 2 amide bonds. The molecule has 0 spiro atoms. The molecule has 0 saturated carbocycles. The summed E-state index contributed by atoms with van der Waals surface area (Å²) in [5.41, 5.74) is 3.27. The van der Waals surface area contributed by atoms with Gasteiger partial charge in [0.25, 0.3) is 0 Å². The predicted molar refractivity (Wildman–Crippen MR) is 109 cm³/mol. The van der Waals surface area contributed by atoms with Crippen molar-refractivity contribution in [2.45, 2.75) is 38.3 Å². The van der Waals surface area contributed by atoms with E-state index in [1.165, 1.54) is 10.5 Å². The minimum Gasteiger partial charge on any atom is -0.347 e. The van der Waals surface area contributed by atoms with Crippen LogP contribution in [0.1, 0.15) is 30.4 Å². The van der Waals surface area contributed by atoms with E-state index in [1.54, 1.807) is 0 Å². The first-order chi connectivity index (χ1) is 13.7. The molecule has 0 bridgehead atoms. The minimum atomic E-state index is 0.0796. The van der Waals surface area contributed by atoms with Gasteiger partial charge in [0, 0.05) is 30.6 Å². The van der Waals surface area contributed by atoms with Gasteiger partial charge in [0.1, 0.15) is 6.54 Å². The molecular weight excluding hydrogens is 350 g/mol. The normalized spacial score (nSPS) is 21.9. The molecule has 2 N–H and O–H groups in total. The second-order valence-corrected chi connectivity index (χ2v) is 7.91. The van der Waals surface area contributed by atoms with Crippen molar-refractivity contribution in [3.63, 3.8) is 0 Å². The fourth-order valence-electron chi connectivity index (χ4n) is 4.28. The van der Waals surface area contributed by atoms with E-state index >= 15 is 0 Å². The van der Waals surface area contributed by atoms with Gasteiger partial charge < -0.3 is 15.1 Å². The van der Waals surface area contributed by atoms with Crippen LogP contribution in [-0.4, -0.2) is 37.5 Å². The monoisotopic (exact) mass is 378 g/mol. The molecule has 2 aromatic rings. The Morgan fingerprint density at radius 3 is 2.57 bits per heavy atom. The largest absolute Gasteiger partial charge is 0.347 e. The zero-order valence-corrected chi connectivity index (χ0v) is 16.2. The molecule has 2 fully saturated rings. The van der Waals surface area contributed by atoms with Gasteiger partial charge in [-0.15, -0.1) is 0 Å². The summed E-state index contributed by atoms with van der Waals surface area (Å²) in [5.74, 6) is 0.269. The number of hydrogen-bond acceptors (Lipinski definition) is 2. The van der Waals surface area contributed by atoms with E-state index in [0.717, 1.165) is 50.3 Å². The van der Waals surface area contributed by atoms with Gasteiger partial charge in [-0.3, -0.25) is 9.59 Å². The first-order valence-corrected chi connectivity index (χ1v) is 10.2. The number of quaternary nitrogens is 1. The predicted octanol–water partition coefficient (Wildman–Crippen LogP) is 1.33. The van der Waals surface area contributed by atoms with Gasteiger partial charge >= 0.3 is 0 Å². The highest BCUT2D eigenvalue weighted by molar-refractivity contribution is 5.95. The number of amides is 2. The lowest BCUT2D eigenvalue weighted by atomic mass is 10.1. The Hall–Kier alpha value is -2.66. The van der Waals surface area contributed by atoms with Crippen molar-refractivity contribution in [1.29, 1.82) is 0 Å². The van der Waals surface area contributed by atoms with E-state index < -0.39 is 0 Å². The van der Waals surface area contributed by atoms with E-state index in [4.69, 9.17) is 0 Å². The van der Waals surface area contributed by atoms with Gasteiger partial charge in [0.05, 0.1) is 25.6 Å². The maximum atomic E-state index is 12.4. The van der Waals surface area contributed by atoms with Crippen molar-refractivity contribution in [2.75, 3.05) is 24.5 Å². The summed E-state index contributed by atoms with van der Waals surface area (Å²) in [7, 11) is 0. The molecule has 146 valence electrons. The van der Waals surface area contributed by atoms with Gasteiger partial charge in [-0.1, -0.05) is 42.5 Å². The van der Waals surface area contributed by atoms with Crippen molar-refractivity contribution < 1.29 is 14.5 Å². The zero-order valence-electron chi connectivity index (χ0n) is 16.2. The highest BCUT2D eigenvalue weighted by atomic mass is 16.2.